The van der Waals surface area contributed by atoms with Gasteiger partial charge < -0.3 is 5.32 Å². The van der Waals surface area contributed by atoms with Gasteiger partial charge in [-0.25, -0.2) is 4.39 Å². The fraction of sp³-hybridized carbons (Fsp3) is 0. The summed E-state index contributed by atoms with van der Waals surface area (Å²) in [5.74, 6) is -1.14. The molecule has 0 bridgehead atoms. The zero-order valence-corrected chi connectivity index (χ0v) is 10.2. The van der Waals surface area contributed by atoms with Gasteiger partial charge >= 0.3 is 0 Å². The number of pyridine rings is 1. The van der Waals surface area contributed by atoms with Crippen LogP contribution in [0.25, 0.3) is 0 Å². The Labute approximate surface area is 106 Å². The molecule has 2 aromatic rings. The second kappa shape index (κ2) is 5.05. The third-order valence-corrected chi connectivity index (χ3v) is 2.59. The molecule has 1 N–H and O–H groups in total. The number of nitrogens with one attached hydrogen (secondary N) is 1. The van der Waals surface area contributed by atoms with Crippen molar-refractivity contribution in [1.82, 2.24) is 4.98 Å². The first kappa shape index (κ1) is 11.7. The molecule has 1 aromatic carbocycles. The maximum atomic E-state index is 13.3. The normalized spacial score (nSPS) is 10.0. The van der Waals surface area contributed by atoms with Crippen molar-refractivity contribution in [1.29, 1.82) is 0 Å². The van der Waals surface area contributed by atoms with Gasteiger partial charge in [0.05, 0.1) is 11.8 Å². The summed E-state index contributed by atoms with van der Waals surface area (Å²) in [6.07, 6.45) is 2.38. The molecule has 0 aliphatic carbocycles. The lowest BCUT2D eigenvalue weighted by Crippen LogP contribution is -2.13. The summed E-state index contributed by atoms with van der Waals surface area (Å²) in [7, 11) is 0. The van der Waals surface area contributed by atoms with Crippen molar-refractivity contribution in [3.63, 3.8) is 0 Å². The topological polar surface area (TPSA) is 42.0 Å². The van der Waals surface area contributed by atoms with Gasteiger partial charge in [0.15, 0.2) is 5.82 Å². The van der Waals surface area contributed by atoms with E-state index in [1.165, 1.54) is 12.3 Å². The lowest BCUT2D eigenvalue weighted by molar-refractivity contribution is 0.102. The van der Waals surface area contributed by atoms with Crippen molar-refractivity contribution in [3.8, 4) is 0 Å². The van der Waals surface area contributed by atoms with Gasteiger partial charge in [-0.15, -0.1) is 0 Å². The maximum Gasteiger partial charge on any atom is 0.258 e. The first-order chi connectivity index (χ1) is 8.16. The molecule has 0 saturated heterocycles. The molecule has 0 radical (unpaired) electrons. The number of benzene rings is 1. The molecule has 1 aromatic heterocycles. The summed E-state index contributed by atoms with van der Waals surface area (Å²) in [6.45, 7) is 0. The van der Waals surface area contributed by atoms with Crippen molar-refractivity contribution >= 4 is 27.5 Å². The van der Waals surface area contributed by atoms with E-state index in [0.717, 1.165) is 10.7 Å². The first-order valence-corrected chi connectivity index (χ1v) is 5.62. The largest absolute Gasteiger partial charge is 0.322 e. The number of nitrogens with zero attached hydrogens (tertiary/aromatic N) is 1. The Morgan fingerprint density at radius 3 is 2.88 bits per heavy atom. The molecule has 1 heterocycles. The van der Waals surface area contributed by atoms with Crippen molar-refractivity contribution in [2.45, 2.75) is 0 Å². The lowest BCUT2D eigenvalue weighted by atomic mass is 10.2. The molecule has 0 saturated carbocycles. The molecular formula is C12H8BrFN2O. The number of hydrogen-bond acceptors (Lipinski definition) is 2. The summed E-state index contributed by atoms with van der Waals surface area (Å²) in [6, 6.07) is 8.41. The monoisotopic (exact) mass is 294 g/mol. The summed E-state index contributed by atoms with van der Waals surface area (Å²) < 4.78 is 14.1. The number of aromatic nitrogens is 1. The second-order valence-electron chi connectivity index (χ2n) is 3.32. The highest BCUT2D eigenvalue weighted by atomic mass is 79.9. The molecule has 2 rings (SSSR count). The highest BCUT2D eigenvalue weighted by Gasteiger charge is 2.11. The van der Waals surface area contributed by atoms with Crippen molar-refractivity contribution < 1.29 is 9.18 Å². The van der Waals surface area contributed by atoms with Crippen LogP contribution in [-0.4, -0.2) is 10.9 Å². The van der Waals surface area contributed by atoms with E-state index in [1.807, 2.05) is 6.07 Å². The third-order valence-electron chi connectivity index (χ3n) is 2.10. The fourth-order valence-electron chi connectivity index (χ4n) is 1.32. The van der Waals surface area contributed by atoms with E-state index in [-0.39, 0.29) is 5.56 Å². The first-order valence-electron chi connectivity index (χ1n) is 4.83. The van der Waals surface area contributed by atoms with Crippen molar-refractivity contribution in [3.05, 3.63) is 58.6 Å². The molecule has 0 atom stereocenters. The molecule has 0 aliphatic heterocycles. The van der Waals surface area contributed by atoms with Gasteiger partial charge in [-0.2, -0.15) is 0 Å². The van der Waals surface area contributed by atoms with Gasteiger partial charge in [0, 0.05) is 16.4 Å². The molecule has 1 amide bonds. The number of carbonyl (C=O) groups is 1. The van der Waals surface area contributed by atoms with Crippen LogP contribution in [0.15, 0.2) is 47.2 Å². The van der Waals surface area contributed by atoms with Crippen LogP contribution < -0.4 is 5.32 Å². The van der Waals surface area contributed by atoms with Crippen LogP contribution in [0, 0.1) is 5.82 Å². The van der Waals surface area contributed by atoms with E-state index < -0.39 is 11.7 Å². The zero-order valence-electron chi connectivity index (χ0n) is 8.65. The molecule has 3 nitrogen and oxygen atoms in total. The van der Waals surface area contributed by atoms with Crippen molar-refractivity contribution in [2.75, 3.05) is 5.32 Å². The van der Waals surface area contributed by atoms with Gasteiger partial charge in [0.2, 0.25) is 0 Å². The standard InChI is InChI=1S/C12H8BrFN2O/c13-8-2-1-3-9(6-8)16-12(17)10-4-5-15-7-11(10)14/h1-7H,(H,16,17). The molecule has 0 spiro atoms. The summed E-state index contributed by atoms with van der Waals surface area (Å²) in [5, 5.41) is 2.60. The Balaban J connectivity index is 2.20. The highest BCUT2D eigenvalue weighted by molar-refractivity contribution is 9.10. The van der Waals surface area contributed by atoms with Crippen molar-refractivity contribution in [2.24, 2.45) is 0 Å². The average molecular weight is 295 g/mol. The van der Waals surface area contributed by atoms with Gasteiger partial charge in [0.1, 0.15) is 0 Å². The van der Waals surface area contributed by atoms with Crippen LogP contribution in [0.5, 0.6) is 0 Å². The number of anilines is 1. The molecule has 0 unspecified atom stereocenters. The quantitative estimate of drug-likeness (QED) is 0.924. The summed E-state index contributed by atoms with van der Waals surface area (Å²) >= 11 is 3.29. The van der Waals surface area contributed by atoms with E-state index in [4.69, 9.17) is 0 Å². The number of rotatable bonds is 2. The maximum absolute atomic E-state index is 13.3. The van der Waals surface area contributed by atoms with E-state index in [9.17, 15) is 9.18 Å². The second-order valence-corrected chi connectivity index (χ2v) is 4.24. The Bertz CT molecular complexity index is 560. The fourth-order valence-corrected chi connectivity index (χ4v) is 1.72. The molecule has 5 heteroatoms. The van der Waals surface area contributed by atoms with Gasteiger partial charge in [-0.3, -0.25) is 9.78 Å². The van der Waals surface area contributed by atoms with Crippen LogP contribution >= 0.6 is 15.9 Å². The third kappa shape index (κ3) is 2.88. The van der Waals surface area contributed by atoms with E-state index in [2.05, 4.69) is 26.2 Å². The minimum absolute atomic E-state index is 0.0278. The Morgan fingerprint density at radius 2 is 2.18 bits per heavy atom. The van der Waals surface area contributed by atoms with Crippen LogP contribution in [0.1, 0.15) is 10.4 Å². The predicted molar refractivity (Wildman–Crippen MR) is 66.3 cm³/mol. The van der Waals surface area contributed by atoms with E-state index >= 15 is 0 Å². The smallest absolute Gasteiger partial charge is 0.258 e. The van der Waals surface area contributed by atoms with Crippen LogP contribution in [0.2, 0.25) is 0 Å². The predicted octanol–water partition coefficient (Wildman–Crippen LogP) is 3.24. The van der Waals surface area contributed by atoms with Gasteiger partial charge in [-0.1, -0.05) is 22.0 Å². The molecule has 0 aliphatic rings. The Hall–Kier alpha value is -1.75. The number of amides is 1. The lowest BCUT2D eigenvalue weighted by Gasteiger charge is -2.05. The van der Waals surface area contributed by atoms with Gasteiger partial charge in [0.25, 0.3) is 5.91 Å². The minimum Gasteiger partial charge on any atom is -0.322 e. The molecular weight excluding hydrogens is 287 g/mol. The number of carbonyl (C=O) groups excluding carboxylic acids is 1. The SMILES string of the molecule is O=C(Nc1cccc(Br)c1)c1ccncc1F. The van der Waals surface area contributed by atoms with E-state index in [1.54, 1.807) is 18.2 Å². The molecule has 17 heavy (non-hydrogen) atoms. The number of hydrogen-bond donors (Lipinski definition) is 1. The van der Waals surface area contributed by atoms with Crippen LogP contribution in [-0.2, 0) is 0 Å². The number of halogens is 2. The van der Waals surface area contributed by atoms with Gasteiger partial charge in [-0.05, 0) is 24.3 Å². The highest BCUT2D eigenvalue weighted by Crippen LogP contribution is 2.16. The average Bonchev–Trinajstić information content (AvgIpc) is 2.29. The zero-order chi connectivity index (χ0) is 12.3. The Morgan fingerprint density at radius 1 is 1.35 bits per heavy atom. The molecule has 86 valence electrons. The summed E-state index contributed by atoms with van der Waals surface area (Å²) in [5.41, 5.74) is 0.570. The Kier molecular flexibility index (Phi) is 3.49. The summed E-state index contributed by atoms with van der Waals surface area (Å²) in [4.78, 5) is 15.3. The van der Waals surface area contributed by atoms with Crippen LogP contribution in [0.4, 0.5) is 10.1 Å². The van der Waals surface area contributed by atoms with Crippen LogP contribution in [0.3, 0.4) is 0 Å². The molecule has 0 fully saturated rings. The minimum atomic E-state index is -0.639. The van der Waals surface area contributed by atoms with E-state index in [0.29, 0.717) is 5.69 Å².